The number of aromatic nitrogens is 1. The number of hydrogen-bond donors (Lipinski definition) is 1. The molecule has 2 rings (SSSR count). The molecule has 0 bridgehead atoms. The molecule has 3 nitrogen and oxygen atoms in total. The van der Waals surface area contributed by atoms with Crippen LogP contribution in [0.2, 0.25) is 0 Å². The molecule has 1 aromatic heterocycles. The van der Waals surface area contributed by atoms with E-state index in [2.05, 4.69) is 11.9 Å². The fraction of sp³-hybridized carbons (Fsp3) is 0.267. The van der Waals surface area contributed by atoms with Crippen molar-refractivity contribution >= 4 is 0 Å². The normalized spacial score (nSPS) is 12.2. The van der Waals surface area contributed by atoms with Gasteiger partial charge in [-0.2, -0.15) is 0 Å². The Morgan fingerprint density at radius 1 is 1.11 bits per heavy atom. The summed E-state index contributed by atoms with van der Waals surface area (Å²) in [4.78, 5) is 4.13. The zero-order chi connectivity index (χ0) is 13.0. The third-order valence-electron chi connectivity index (χ3n) is 2.75. The number of hydrogen-bond acceptors (Lipinski definition) is 3. The molecule has 0 amide bonds. The lowest BCUT2D eigenvalue weighted by atomic mass is 10.2. The Labute approximate surface area is 107 Å². The smallest absolute Gasteiger partial charge is 0.145 e. The average Bonchev–Trinajstić information content (AvgIpc) is 2.40. The van der Waals surface area contributed by atoms with Gasteiger partial charge in [0, 0.05) is 0 Å². The highest BCUT2D eigenvalue weighted by molar-refractivity contribution is 5.32. The van der Waals surface area contributed by atoms with E-state index in [0.717, 1.165) is 12.2 Å². The van der Waals surface area contributed by atoms with E-state index in [9.17, 15) is 5.11 Å². The third kappa shape index (κ3) is 3.08. The van der Waals surface area contributed by atoms with Crippen LogP contribution in [0.1, 0.15) is 31.2 Å². The summed E-state index contributed by atoms with van der Waals surface area (Å²) in [5, 5.41) is 9.36. The molecule has 0 aliphatic rings. The second-order valence-corrected chi connectivity index (χ2v) is 4.19. The van der Waals surface area contributed by atoms with Gasteiger partial charge in [-0.25, -0.2) is 0 Å². The van der Waals surface area contributed by atoms with Gasteiger partial charge in [-0.05, 0) is 43.2 Å². The fourth-order valence-electron chi connectivity index (χ4n) is 1.63. The first-order chi connectivity index (χ1) is 8.69. The molecule has 1 aromatic carbocycles. The first-order valence-corrected chi connectivity index (χ1v) is 6.10. The van der Waals surface area contributed by atoms with Gasteiger partial charge in [-0.1, -0.05) is 19.1 Å². The van der Waals surface area contributed by atoms with Crippen LogP contribution in [0.25, 0.3) is 0 Å². The van der Waals surface area contributed by atoms with E-state index in [0.29, 0.717) is 11.4 Å². The predicted molar refractivity (Wildman–Crippen MR) is 70.8 cm³/mol. The van der Waals surface area contributed by atoms with E-state index in [1.54, 1.807) is 19.2 Å². The minimum atomic E-state index is -0.553. The predicted octanol–water partition coefficient (Wildman–Crippen LogP) is 3.49. The van der Waals surface area contributed by atoms with Gasteiger partial charge >= 0.3 is 0 Å². The van der Waals surface area contributed by atoms with Crippen molar-refractivity contribution in [3.05, 3.63) is 53.9 Å². The summed E-state index contributed by atoms with van der Waals surface area (Å²) in [6.45, 7) is 3.81. The van der Waals surface area contributed by atoms with E-state index >= 15 is 0 Å². The first kappa shape index (κ1) is 12.6. The van der Waals surface area contributed by atoms with Crippen molar-refractivity contribution in [2.45, 2.75) is 26.4 Å². The largest absolute Gasteiger partial charge is 0.456 e. The Balaban J connectivity index is 2.08. The van der Waals surface area contributed by atoms with Gasteiger partial charge in [0.05, 0.1) is 18.0 Å². The number of aliphatic hydroxyl groups is 1. The van der Waals surface area contributed by atoms with Crippen molar-refractivity contribution in [2.24, 2.45) is 0 Å². The Bertz CT molecular complexity index is 489. The van der Waals surface area contributed by atoms with Gasteiger partial charge in [0.15, 0.2) is 0 Å². The van der Waals surface area contributed by atoms with Crippen molar-refractivity contribution in [3.8, 4) is 11.5 Å². The molecule has 2 aromatic rings. The monoisotopic (exact) mass is 243 g/mol. The van der Waals surface area contributed by atoms with Crippen LogP contribution in [-0.2, 0) is 6.42 Å². The van der Waals surface area contributed by atoms with E-state index in [4.69, 9.17) is 4.74 Å². The number of ether oxygens (including phenoxy) is 1. The highest BCUT2D eigenvalue weighted by atomic mass is 16.5. The summed E-state index contributed by atoms with van der Waals surface area (Å²) in [6, 6.07) is 11.6. The topological polar surface area (TPSA) is 42.4 Å². The number of aliphatic hydroxyl groups excluding tert-OH is 1. The zero-order valence-corrected chi connectivity index (χ0v) is 10.6. The van der Waals surface area contributed by atoms with Gasteiger partial charge in [0.1, 0.15) is 11.5 Å². The van der Waals surface area contributed by atoms with Crippen molar-refractivity contribution in [1.82, 2.24) is 4.98 Å². The molecule has 0 spiro atoms. The van der Waals surface area contributed by atoms with Gasteiger partial charge in [-0.15, -0.1) is 0 Å². The molecule has 0 unspecified atom stereocenters. The van der Waals surface area contributed by atoms with Gasteiger partial charge in [0.25, 0.3) is 0 Å². The molecule has 0 saturated carbocycles. The molecule has 0 aliphatic carbocycles. The van der Waals surface area contributed by atoms with Crippen LogP contribution in [0.3, 0.4) is 0 Å². The summed E-state index contributed by atoms with van der Waals surface area (Å²) >= 11 is 0. The number of benzene rings is 1. The first-order valence-electron chi connectivity index (χ1n) is 6.10. The second-order valence-electron chi connectivity index (χ2n) is 4.19. The Morgan fingerprint density at radius 3 is 2.28 bits per heavy atom. The fourth-order valence-corrected chi connectivity index (χ4v) is 1.63. The number of aryl methyl sites for hydroxylation is 1. The van der Waals surface area contributed by atoms with Crippen LogP contribution >= 0.6 is 0 Å². The maximum absolute atomic E-state index is 9.36. The van der Waals surface area contributed by atoms with E-state index < -0.39 is 6.10 Å². The highest BCUT2D eigenvalue weighted by Crippen LogP contribution is 2.22. The van der Waals surface area contributed by atoms with Crippen LogP contribution < -0.4 is 4.74 Å². The molecule has 0 fully saturated rings. The summed E-state index contributed by atoms with van der Waals surface area (Å²) in [5.41, 5.74) is 1.92. The van der Waals surface area contributed by atoms with E-state index in [-0.39, 0.29) is 0 Å². The Hall–Kier alpha value is -1.87. The molecular weight excluding hydrogens is 226 g/mol. The third-order valence-corrected chi connectivity index (χ3v) is 2.75. The minimum absolute atomic E-state index is 0.553. The molecule has 0 aliphatic heterocycles. The van der Waals surface area contributed by atoms with E-state index in [1.807, 2.05) is 30.3 Å². The molecule has 94 valence electrons. The second kappa shape index (κ2) is 5.65. The maximum atomic E-state index is 9.36. The molecule has 1 heterocycles. The molecule has 3 heteroatoms. The lowest BCUT2D eigenvalue weighted by Gasteiger charge is -2.07. The van der Waals surface area contributed by atoms with Crippen molar-refractivity contribution in [2.75, 3.05) is 0 Å². The molecule has 1 atom stereocenters. The molecular formula is C15H17NO2. The standard InChI is InChI=1S/C15H17NO2/c1-3-12-4-6-13(7-5-12)18-14-8-9-15(11(2)17)16-10-14/h4-11,17H,3H2,1-2H3/t11-/m1/s1. The highest BCUT2D eigenvalue weighted by Gasteiger charge is 2.03. The Kier molecular flexibility index (Phi) is 3.95. The number of pyridine rings is 1. The van der Waals surface area contributed by atoms with Crippen LogP contribution in [0.4, 0.5) is 0 Å². The average molecular weight is 243 g/mol. The molecule has 18 heavy (non-hydrogen) atoms. The minimum Gasteiger partial charge on any atom is -0.456 e. The quantitative estimate of drug-likeness (QED) is 0.893. The summed E-state index contributed by atoms with van der Waals surface area (Å²) < 4.78 is 5.67. The van der Waals surface area contributed by atoms with Crippen LogP contribution in [0.5, 0.6) is 11.5 Å². The lowest BCUT2D eigenvalue weighted by Crippen LogP contribution is -1.95. The molecule has 0 radical (unpaired) electrons. The van der Waals surface area contributed by atoms with Gasteiger partial charge in [-0.3, -0.25) is 4.98 Å². The molecule has 0 saturated heterocycles. The van der Waals surface area contributed by atoms with Crippen molar-refractivity contribution in [1.29, 1.82) is 0 Å². The number of nitrogens with zero attached hydrogens (tertiary/aromatic N) is 1. The maximum Gasteiger partial charge on any atom is 0.145 e. The summed E-state index contributed by atoms with van der Waals surface area (Å²) in [5.74, 6) is 1.46. The Morgan fingerprint density at radius 2 is 1.78 bits per heavy atom. The summed E-state index contributed by atoms with van der Waals surface area (Å²) in [6.07, 6.45) is 2.09. The van der Waals surface area contributed by atoms with E-state index in [1.165, 1.54) is 5.56 Å². The van der Waals surface area contributed by atoms with Gasteiger partial charge < -0.3 is 9.84 Å². The lowest BCUT2D eigenvalue weighted by molar-refractivity contribution is 0.194. The van der Waals surface area contributed by atoms with Gasteiger partial charge in [0.2, 0.25) is 0 Å². The molecule has 1 N–H and O–H groups in total. The zero-order valence-electron chi connectivity index (χ0n) is 10.6. The van der Waals surface area contributed by atoms with Crippen molar-refractivity contribution < 1.29 is 9.84 Å². The van der Waals surface area contributed by atoms with Crippen molar-refractivity contribution in [3.63, 3.8) is 0 Å². The van der Waals surface area contributed by atoms with Crippen LogP contribution in [0.15, 0.2) is 42.6 Å². The SMILES string of the molecule is CCc1ccc(Oc2ccc([C@@H](C)O)nc2)cc1. The number of rotatable bonds is 4. The van der Waals surface area contributed by atoms with Crippen LogP contribution in [0, 0.1) is 0 Å². The summed E-state index contributed by atoms with van der Waals surface area (Å²) in [7, 11) is 0. The van der Waals surface area contributed by atoms with Crippen LogP contribution in [-0.4, -0.2) is 10.1 Å².